The number of rotatable bonds is 10. The summed E-state index contributed by atoms with van der Waals surface area (Å²) in [7, 11) is 0. The van der Waals surface area contributed by atoms with Crippen molar-refractivity contribution in [2.75, 3.05) is 12.3 Å². The lowest BCUT2D eigenvalue weighted by molar-refractivity contribution is -0.268. The molecule has 13 heteroatoms. The zero-order valence-electron chi connectivity index (χ0n) is 27.3. The normalized spacial score (nSPS) is 22.3. The number of carbonyl (C=O) groups is 2. The van der Waals surface area contributed by atoms with E-state index in [4.69, 9.17) is 9.47 Å². The van der Waals surface area contributed by atoms with Crippen LogP contribution >= 0.6 is 11.8 Å². The summed E-state index contributed by atoms with van der Waals surface area (Å²) in [6, 6.07) is 23.7. The van der Waals surface area contributed by atoms with Crippen LogP contribution in [0.2, 0.25) is 0 Å². The minimum atomic E-state index is -5.02. The van der Waals surface area contributed by atoms with Gasteiger partial charge >= 0.3 is 12.1 Å². The van der Waals surface area contributed by atoms with Crippen LogP contribution in [0.4, 0.5) is 13.2 Å². The summed E-state index contributed by atoms with van der Waals surface area (Å²) in [5.74, 6) is -1.96. The second-order valence-corrected chi connectivity index (χ2v) is 13.3. The number of carbonyl (C=O) groups excluding carboxylic acids is 2. The quantitative estimate of drug-likeness (QED) is 0.144. The molecule has 2 fully saturated rings. The van der Waals surface area contributed by atoms with Crippen LogP contribution in [0.3, 0.4) is 0 Å². The third kappa shape index (κ3) is 8.35. The van der Waals surface area contributed by atoms with Gasteiger partial charge in [-0.25, -0.2) is 9.97 Å². The molecule has 0 saturated carbocycles. The summed E-state index contributed by atoms with van der Waals surface area (Å²) in [6.07, 6.45) is -2.18. The maximum atomic E-state index is 13.0. The molecule has 1 aromatic heterocycles. The van der Waals surface area contributed by atoms with Gasteiger partial charge < -0.3 is 24.8 Å². The highest BCUT2D eigenvalue weighted by molar-refractivity contribution is 7.99. The van der Waals surface area contributed by atoms with E-state index < -0.39 is 30.3 Å². The molecular weight excluding hydrogens is 669 g/mol. The maximum absolute atomic E-state index is 13.0. The van der Waals surface area contributed by atoms with Crippen molar-refractivity contribution < 1.29 is 37.3 Å². The fraction of sp³-hybridized carbons (Fsp3) is 0.351. The zero-order chi connectivity index (χ0) is 35.3. The molecule has 3 aromatic carbocycles. The smallest absolute Gasteiger partial charge is 0.392 e. The van der Waals surface area contributed by atoms with Gasteiger partial charge in [-0.15, -0.1) is 0 Å². The second kappa shape index (κ2) is 15.7. The van der Waals surface area contributed by atoms with E-state index in [1.807, 2.05) is 72.8 Å². The average Bonchev–Trinajstić information content (AvgIpc) is 3.63. The van der Waals surface area contributed by atoms with Gasteiger partial charge in [0.1, 0.15) is 6.04 Å². The lowest BCUT2D eigenvalue weighted by Gasteiger charge is -2.41. The molecule has 2 N–H and O–H groups in total. The van der Waals surface area contributed by atoms with E-state index in [0.29, 0.717) is 22.2 Å². The number of likely N-dealkylation sites (tertiary alicyclic amines) is 1. The number of aliphatic hydroxyl groups is 1. The van der Waals surface area contributed by atoms with Crippen LogP contribution in [-0.2, 0) is 32.2 Å². The fourth-order valence-electron chi connectivity index (χ4n) is 6.27. The Balaban J connectivity index is 1.14. The number of benzene rings is 3. The summed E-state index contributed by atoms with van der Waals surface area (Å²) >= 11 is 1.52. The third-order valence-electron chi connectivity index (χ3n) is 9.01. The standard InChI is InChI=1S/C37H37F3N4O5S/c1-23-31(22-50-36-41-16-4-17-42-36)48-34(49-32(23)27-10-8-24(21-45)9-11-27)28-14-12-26(13-15-28)29-6-2-5-25(19-29)20-43-33(46)30-7-3-18-44(30)35(47)37(38,39)40/h2,4-6,8-17,19,23,30-32,34,45H,3,7,18,20-22H2,1H3,(H,43,46)/t23-,30-,31+,32+,34+/m0/s1. The van der Waals surface area contributed by atoms with E-state index >= 15 is 0 Å². The number of nitrogens with zero attached hydrogens (tertiary/aromatic N) is 3. The van der Waals surface area contributed by atoms with Crippen molar-refractivity contribution in [1.29, 1.82) is 0 Å². The van der Waals surface area contributed by atoms with E-state index in [9.17, 15) is 27.9 Å². The molecule has 0 radical (unpaired) electrons. The van der Waals surface area contributed by atoms with Crippen molar-refractivity contribution >= 4 is 23.6 Å². The molecule has 2 amide bonds. The molecule has 4 aromatic rings. The van der Waals surface area contributed by atoms with Crippen LogP contribution in [-0.4, -0.2) is 62.4 Å². The molecule has 2 saturated heterocycles. The molecular formula is C37H37F3N4O5S. The Labute approximate surface area is 292 Å². The molecule has 9 nitrogen and oxygen atoms in total. The number of aliphatic hydroxyl groups excluding tert-OH is 1. The molecule has 0 aliphatic carbocycles. The largest absolute Gasteiger partial charge is 0.471 e. The summed E-state index contributed by atoms with van der Waals surface area (Å²) in [5, 5.41) is 12.9. The van der Waals surface area contributed by atoms with Gasteiger partial charge in [-0.2, -0.15) is 13.2 Å². The summed E-state index contributed by atoms with van der Waals surface area (Å²) in [6.45, 7) is 2.06. The van der Waals surface area contributed by atoms with E-state index in [0.717, 1.165) is 33.4 Å². The van der Waals surface area contributed by atoms with Crippen molar-refractivity contribution in [3.05, 3.63) is 114 Å². The van der Waals surface area contributed by atoms with Gasteiger partial charge in [0.15, 0.2) is 11.4 Å². The highest BCUT2D eigenvalue weighted by Crippen LogP contribution is 2.43. The molecule has 2 aliphatic heterocycles. The number of hydrogen-bond donors (Lipinski definition) is 2. The Morgan fingerprint density at radius 2 is 1.66 bits per heavy atom. The Kier molecular flexibility index (Phi) is 11.2. The van der Waals surface area contributed by atoms with Gasteiger partial charge in [-0.05, 0) is 52.8 Å². The zero-order valence-corrected chi connectivity index (χ0v) is 28.1. The molecule has 6 rings (SSSR count). The Bertz CT molecular complexity index is 1760. The molecule has 5 atom stereocenters. The first-order chi connectivity index (χ1) is 24.1. The summed E-state index contributed by atoms with van der Waals surface area (Å²) in [5.41, 5.74) is 5.20. The van der Waals surface area contributed by atoms with Crippen LogP contribution in [0.1, 0.15) is 54.4 Å². The average molecular weight is 707 g/mol. The van der Waals surface area contributed by atoms with Gasteiger partial charge in [0.05, 0.1) is 18.8 Å². The number of ether oxygens (including phenoxy) is 2. The monoisotopic (exact) mass is 706 g/mol. The summed E-state index contributed by atoms with van der Waals surface area (Å²) in [4.78, 5) is 33.9. The number of thioether (sulfide) groups is 1. The molecule has 0 bridgehead atoms. The Hall–Kier alpha value is -4.30. The number of alkyl halides is 3. The fourth-order valence-corrected chi connectivity index (χ4v) is 7.24. The van der Waals surface area contributed by atoms with Crippen LogP contribution in [0.15, 0.2) is 96.4 Å². The van der Waals surface area contributed by atoms with E-state index in [2.05, 4.69) is 22.2 Å². The predicted molar refractivity (Wildman–Crippen MR) is 180 cm³/mol. The van der Waals surface area contributed by atoms with Gasteiger partial charge in [0, 0.05) is 42.7 Å². The number of halogens is 3. The molecule has 2 aliphatic rings. The Morgan fingerprint density at radius 1 is 0.940 bits per heavy atom. The van der Waals surface area contributed by atoms with Gasteiger partial charge in [-0.1, -0.05) is 85.4 Å². The van der Waals surface area contributed by atoms with Gasteiger partial charge in [0.25, 0.3) is 0 Å². The van der Waals surface area contributed by atoms with Crippen LogP contribution in [0.25, 0.3) is 11.1 Å². The minimum Gasteiger partial charge on any atom is -0.392 e. The molecule has 0 spiro atoms. The van der Waals surface area contributed by atoms with Crippen molar-refractivity contribution in [2.45, 2.75) is 68.8 Å². The highest BCUT2D eigenvalue weighted by atomic mass is 32.2. The highest BCUT2D eigenvalue weighted by Gasteiger charge is 2.47. The first-order valence-electron chi connectivity index (χ1n) is 16.4. The minimum absolute atomic E-state index is 0.00631. The van der Waals surface area contributed by atoms with Crippen molar-refractivity contribution in [2.24, 2.45) is 5.92 Å². The number of aromatic nitrogens is 2. The van der Waals surface area contributed by atoms with Crippen LogP contribution in [0, 0.1) is 5.92 Å². The van der Waals surface area contributed by atoms with Crippen molar-refractivity contribution in [3.63, 3.8) is 0 Å². The molecule has 50 heavy (non-hydrogen) atoms. The summed E-state index contributed by atoms with van der Waals surface area (Å²) < 4.78 is 52.1. The Morgan fingerprint density at radius 3 is 2.36 bits per heavy atom. The predicted octanol–water partition coefficient (Wildman–Crippen LogP) is 6.39. The maximum Gasteiger partial charge on any atom is 0.471 e. The lowest BCUT2D eigenvalue weighted by Crippen LogP contribution is -2.50. The molecule has 262 valence electrons. The van der Waals surface area contributed by atoms with Crippen LogP contribution < -0.4 is 5.32 Å². The lowest BCUT2D eigenvalue weighted by atomic mass is 9.91. The molecule has 0 unspecified atom stereocenters. The number of amides is 2. The first kappa shape index (κ1) is 35.5. The van der Waals surface area contributed by atoms with Crippen molar-refractivity contribution in [1.82, 2.24) is 20.2 Å². The first-order valence-corrected chi connectivity index (χ1v) is 17.3. The van der Waals surface area contributed by atoms with Gasteiger partial charge in [0.2, 0.25) is 5.91 Å². The number of nitrogens with one attached hydrogen (secondary N) is 1. The SMILES string of the molecule is C[C@H]1[C@@H](CSc2ncccn2)O[C@@H](c2ccc(-c3cccc(CNC(=O)[C@@H]4CCCN4C(=O)C(F)(F)F)c3)cc2)O[C@H]1c1ccc(CO)cc1. The van der Waals surface area contributed by atoms with E-state index in [1.54, 1.807) is 18.5 Å². The second-order valence-electron chi connectivity index (χ2n) is 12.4. The van der Waals surface area contributed by atoms with E-state index in [-0.39, 0.29) is 44.2 Å². The number of hydrogen-bond acceptors (Lipinski definition) is 8. The van der Waals surface area contributed by atoms with Crippen LogP contribution in [0.5, 0.6) is 0 Å². The van der Waals surface area contributed by atoms with Gasteiger partial charge in [-0.3, -0.25) is 9.59 Å². The third-order valence-corrected chi connectivity index (χ3v) is 9.98. The van der Waals surface area contributed by atoms with Crippen molar-refractivity contribution in [3.8, 4) is 11.1 Å². The molecule has 3 heterocycles. The topological polar surface area (TPSA) is 114 Å². The van der Waals surface area contributed by atoms with E-state index in [1.165, 1.54) is 11.8 Å².